The molecule has 2 saturated heterocycles. The van der Waals surface area contributed by atoms with Gasteiger partial charge in [0.05, 0.1) is 12.2 Å². The topological polar surface area (TPSA) is 58.6 Å². The number of aliphatic carboxylic acids is 1. The number of carbonyl (C=O) groups is 1. The molecule has 0 radical (unpaired) electrons. The van der Waals surface area contributed by atoms with Crippen molar-refractivity contribution in [3.05, 3.63) is 48.0 Å². The van der Waals surface area contributed by atoms with Crippen molar-refractivity contribution < 1.29 is 14.6 Å². The first-order valence-electron chi connectivity index (χ1n) is 11.1. The molecule has 0 spiro atoms. The molecule has 1 aromatic carbocycles. The molecular weight excluding hydrogens is 382 g/mol. The van der Waals surface area contributed by atoms with Crippen LogP contribution in [-0.4, -0.2) is 41.3 Å². The van der Waals surface area contributed by atoms with E-state index in [1.165, 1.54) is 30.6 Å². The summed E-state index contributed by atoms with van der Waals surface area (Å²) in [5, 5.41) is 12.2. The van der Waals surface area contributed by atoms with Crippen LogP contribution in [0.25, 0.3) is 0 Å². The molecule has 0 aliphatic carbocycles. The molecule has 4 nitrogen and oxygen atoms in total. The SMILES string of the molecule is O=C(O)CCCC=CC[C@@H]1[C@H](CCSCCNCc2ccccc2)[C@@H]2CC[C@H]1O2. The monoisotopic (exact) mass is 417 g/mol. The van der Waals surface area contributed by atoms with E-state index in [0.29, 0.717) is 24.0 Å². The molecule has 3 rings (SSSR count). The number of carboxylic acid groups (broad SMARTS) is 1. The molecule has 29 heavy (non-hydrogen) atoms. The maximum absolute atomic E-state index is 10.6. The van der Waals surface area contributed by atoms with Gasteiger partial charge in [-0.1, -0.05) is 42.5 Å². The van der Waals surface area contributed by atoms with Crippen LogP contribution in [0.5, 0.6) is 0 Å². The molecule has 2 heterocycles. The van der Waals surface area contributed by atoms with Gasteiger partial charge in [-0.15, -0.1) is 0 Å². The number of unbranched alkanes of at least 4 members (excludes halogenated alkanes) is 1. The summed E-state index contributed by atoms with van der Waals surface area (Å²) in [6.07, 6.45) is 12.0. The lowest BCUT2D eigenvalue weighted by Gasteiger charge is -2.27. The molecule has 4 atom stereocenters. The number of carboxylic acids is 1. The van der Waals surface area contributed by atoms with Crippen LogP contribution in [0.3, 0.4) is 0 Å². The minimum absolute atomic E-state index is 0.266. The second-order valence-corrected chi connectivity index (χ2v) is 9.40. The molecule has 1 aromatic rings. The Morgan fingerprint density at radius 3 is 2.72 bits per heavy atom. The molecule has 2 N–H and O–H groups in total. The minimum atomic E-state index is -0.701. The number of benzene rings is 1. The molecule has 0 unspecified atom stereocenters. The Morgan fingerprint density at radius 1 is 1.14 bits per heavy atom. The van der Waals surface area contributed by atoms with Gasteiger partial charge in [0.25, 0.3) is 0 Å². The Balaban J connectivity index is 1.28. The van der Waals surface area contributed by atoms with Crippen molar-refractivity contribution in [3.63, 3.8) is 0 Å². The van der Waals surface area contributed by atoms with E-state index in [-0.39, 0.29) is 6.42 Å². The minimum Gasteiger partial charge on any atom is -0.481 e. The number of thioether (sulfide) groups is 1. The van der Waals surface area contributed by atoms with Crippen molar-refractivity contribution >= 4 is 17.7 Å². The van der Waals surface area contributed by atoms with E-state index >= 15 is 0 Å². The normalized spacial score (nSPS) is 25.8. The third-order valence-corrected chi connectivity index (χ3v) is 7.13. The highest BCUT2D eigenvalue weighted by molar-refractivity contribution is 7.99. The number of allylic oxidation sites excluding steroid dienone is 2. The predicted molar refractivity (Wildman–Crippen MR) is 120 cm³/mol. The van der Waals surface area contributed by atoms with Crippen LogP contribution in [0.1, 0.15) is 50.5 Å². The fraction of sp³-hybridized carbons (Fsp3) is 0.625. The third kappa shape index (κ3) is 7.47. The van der Waals surface area contributed by atoms with Gasteiger partial charge in [-0.2, -0.15) is 11.8 Å². The van der Waals surface area contributed by atoms with E-state index in [9.17, 15) is 4.79 Å². The Bertz CT molecular complexity index is 636. The molecule has 0 saturated carbocycles. The van der Waals surface area contributed by atoms with Crippen molar-refractivity contribution in [2.75, 3.05) is 18.1 Å². The van der Waals surface area contributed by atoms with Crippen LogP contribution in [0.2, 0.25) is 0 Å². The second-order valence-electron chi connectivity index (χ2n) is 8.17. The van der Waals surface area contributed by atoms with Gasteiger partial charge in [-0.3, -0.25) is 4.79 Å². The average molecular weight is 418 g/mol. The fourth-order valence-electron chi connectivity index (χ4n) is 4.63. The van der Waals surface area contributed by atoms with Crippen LogP contribution < -0.4 is 5.32 Å². The van der Waals surface area contributed by atoms with Crippen molar-refractivity contribution in [1.29, 1.82) is 0 Å². The van der Waals surface area contributed by atoms with E-state index in [1.54, 1.807) is 0 Å². The number of ether oxygens (including phenoxy) is 1. The molecule has 2 aliphatic rings. The molecule has 0 aromatic heterocycles. The summed E-state index contributed by atoms with van der Waals surface area (Å²) in [7, 11) is 0. The summed E-state index contributed by atoms with van der Waals surface area (Å²) < 4.78 is 6.22. The maximum Gasteiger partial charge on any atom is 0.303 e. The average Bonchev–Trinajstić information content (AvgIpc) is 3.32. The maximum atomic E-state index is 10.6. The molecule has 0 amide bonds. The number of fused-ring (bicyclic) bond motifs is 2. The lowest BCUT2D eigenvalue weighted by molar-refractivity contribution is -0.137. The lowest BCUT2D eigenvalue weighted by atomic mass is 9.76. The Labute approximate surface area is 179 Å². The summed E-state index contributed by atoms with van der Waals surface area (Å²) >= 11 is 2.05. The first kappa shape index (κ1) is 22.4. The van der Waals surface area contributed by atoms with Crippen LogP contribution in [0.4, 0.5) is 0 Å². The van der Waals surface area contributed by atoms with Gasteiger partial charge >= 0.3 is 5.97 Å². The Morgan fingerprint density at radius 2 is 1.93 bits per heavy atom. The summed E-state index contributed by atoms with van der Waals surface area (Å²) in [4.78, 5) is 10.6. The fourth-order valence-corrected chi connectivity index (χ4v) is 5.57. The van der Waals surface area contributed by atoms with E-state index in [0.717, 1.165) is 38.1 Å². The summed E-state index contributed by atoms with van der Waals surface area (Å²) in [6.45, 7) is 2.00. The van der Waals surface area contributed by atoms with Gasteiger partial charge in [0.15, 0.2) is 0 Å². The van der Waals surface area contributed by atoms with Crippen LogP contribution in [0, 0.1) is 11.8 Å². The molecule has 160 valence electrons. The van der Waals surface area contributed by atoms with Gasteiger partial charge in [-0.05, 0) is 61.7 Å². The predicted octanol–water partition coefficient (Wildman–Crippen LogP) is 4.89. The van der Waals surface area contributed by atoms with Gasteiger partial charge in [0.1, 0.15) is 0 Å². The smallest absolute Gasteiger partial charge is 0.303 e. The van der Waals surface area contributed by atoms with E-state index < -0.39 is 5.97 Å². The van der Waals surface area contributed by atoms with Crippen LogP contribution in [-0.2, 0) is 16.1 Å². The number of nitrogens with one attached hydrogen (secondary N) is 1. The standard InChI is InChI=1S/C24H35NO3S/c26-24(27)11-7-2-1-6-10-20-21(23-13-12-22(20)28-23)14-16-29-17-15-25-18-19-8-4-3-5-9-19/h1,3-6,8-9,20-23,25H,2,7,10-18H2,(H,26,27)/t20-,21+,22-,23+/m1/s1. The van der Waals surface area contributed by atoms with Crippen molar-refractivity contribution in [3.8, 4) is 0 Å². The summed E-state index contributed by atoms with van der Waals surface area (Å²) in [5.41, 5.74) is 1.34. The number of hydrogen-bond donors (Lipinski definition) is 2. The Kier molecular flexibility index (Phi) is 9.58. The number of hydrogen-bond acceptors (Lipinski definition) is 4. The molecular formula is C24H35NO3S. The molecule has 5 heteroatoms. The highest BCUT2D eigenvalue weighted by Gasteiger charge is 2.47. The van der Waals surface area contributed by atoms with Crippen molar-refractivity contribution in [2.24, 2.45) is 11.8 Å². The van der Waals surface area contributed by atoms with E-state index in [2.05, 4.69) is 59.6 Å². The van der Waals surface area contributed by atoms with Gasteiger partial charge in [-0.25, -0.2) is 0 Å². The van der Waals surface area contributed by atoms with Gasteiger partial charge < -0.3 is 15.2 Å². The Hall–Kier alpha value is -1.30. The zero-order chi connectivity index (χ0) is 20.3. The second kappa shape index (κ2) is 12.4. The summed E-state index contributed by atoms with van der Waals surface area (Å²) in [5.74, 6) is 3.02. The van der Waals surface area contributed by atoms with Crippen LogP contribution >= 0.6 is 11.8 Å². The first-order valence-corrected chi connectivity index (χ1v) is 12.2. The molecule has 2 fully saturated rings. The highest BCUT2D eigenvalue weighted by Crippen LogP contribution is 2.46. The molecule has 2 aliphatic heterocycles. The zero-order valence-corrected chi connectivity index (χ0v) is 18.1. The van der Waals surface area contributed by atoms with Crippen LogP contribution in [0.15, 0.2) is 42.5 Å². The van der Waals surface area contributed by atoms with Gasteiger partial charge in [0, 0.05) is 25.3 Å². The van der Waals surface area contributed by atoms with E-state index in [4.69, 9.17) is 9.84 Å². The highest BCUT2D eigenvalue weighted by atomic mass is 32.2. The quantitative estimate of drug-likeness (QED) is 0.333. The first-order chi connectivity index (χ1) is 14.2. The van der Waals surface area contributed by atoms with E-state index in [1.807, 2.05) is 0 Å². The molecule has 2 bridgehead atoms. The van der Waals surface area contributed by atoms with Crippen molar-refractivity contribution in [1.82, 2.24) is 5.32 Å². The largest absolute Gasteiger partial charge is 0.481 e. The van der Waals surface area contributed by atoms with Gasteiger partial charge in [0.2, 0.25) is 0 Å². The number of rotatable bonds is 14. The van der Waals surface area contributed by atoms with Crippen molar-refractivity contribution in [2.45, 2.75) is 63.7 Å². The summed E-state index contributed by atoms with van der Waals surface area (Å²) in [6, 6.07) is 10.6. The lowest BCUT2D eigenvalue weighted by Crippen LogP contribution is -2.27. The zero-order valence-electron chi connectivity index (χ0n) is 17.3. The third-order valence-electron chi connectivity index (χ3n) is 6.12.